The van der Waals surface area contributed by atoms with E-state index in [-0.39, 0.29) is 10.9 Å². The van der Waals surface area contributed by atoms with E-state index in [0.29, 0.717) is 17.2 Å². The second-order valence-corrected chi connectivity index (χ2v) is 5.93. The SMILES string of the molecule is CS(=O)(=O)c1nnc(-c2ccco2)c(-c2ccco2)n1. The molecule has 0 bridgehead atoms. The van der Waals surface area contributed by atoms with E-state index in [0.717, 1.165) is 6.26 Å². The molecule has 0 saturated carbocycles. The summed E-state index contributed by atoms with van der Waals surface area (Å²) in [6.07, 6.45) is 3.96. The van der Waals surface area contributed by atoms with Gasteiger partial charge in [-0.05, 0) is 24.3 Å². The van der Waals surface area contributed by atoms with E-state index in [1.54, 1.807) is 24.3 Å². The molecule has 0 N–H and O–H groups in total. The first-order valence-corrected chi connectivity index (χ1v) is 7.47. The quantitative estimate of drug-likeness (QED) is 0.725. The summed E-state index contributed by atoms with van der Waals surface area (Å²) < 4.78 is 33.6. The maximum absolute atomic E-state index is 11.5. The van der Waals surface area contributed by atoms with Crippen LogP contribution in [-0.2, 0) is 9.84 Å². The topological polar surface area (TPSA) is 99.1 Å². The number of hydrogen-bond donors (Lipinski definition) is 0. The van der Waals surface area contributed by atoms with Crippen LogP contribution in [0.1, 0.15) is 0 Å². The maximum Gasteiger partial charge on any atom is 0.267 e. The van der Waals surface area contributed by atoms with Crippen LogP contribution in [0.4, 0.5) is 0 Å². The average molecular weight is 291 g/mol. The standard InChI is InChI=1S/C12H9N3O4S/c1-20(16,17)12-13-10(8-4-2-6-18-8)11(14-15-12)9-5-3-7-19-9/h2-7H,1H3. The van der Waals surface area contributed by atoms with Crippen LogP contribution in [-0.4, -0.2) is 29.9 Å². The van der Waals surface area contributed by atoms with Crippen molar-refractivity contribution in [2.45, 2.75) is 5.16 Å². The number of nitrogens with zero attached hydrogens (tertiary/aromatic N) is 3. The minimum atomic E-state index is -3.56. The number of hydrogen-bond acceptors (Lipinski definition) is 7. The predicted molar refractivity (Wildman–Crippen MR) is 68.3 cm³/mol. The summed E-state index contributed by atoms with van der Waals surface area (Å²) in [5, 5.41) is 7.16. The Bertz CT molecular complexity index is 824. The molecule has 0 unspecified atom stereocenters. The minimum absolute atomic E-state index is 0.264. The van der Waals surface area contributed by atoms with Crippen molar-refractivity contribution in [3.05, 3.63) is 36.8 Å². The van der Waals surface area contributed by atoms with Gasteiger partial charge in [-0.3, -0.25) is 0 Å². The molecule has 8 heteroatoms. The van der Waals surface area contributed by atoms with E-state index >= 15 is 0 Å². The molecule has 0 atom stereocenters. The van der Waals surface area contributed by atoms with E-state index in [9.17, 15) is 8.42 Å². The molecule has 3 rings (SSSR count). The van der Waals surface area contributed by atoms with Crippen molar-refractivity contribution in [2.75, 3.05) is 6.26 Å². The second-order valence-electron chi connectivity index (χ2n) is 4.02. The van der Waals surface area contributed by atoms with Gasteiger partial charge in [-0.25, -0.2) is 13.4 Å². The zero-order chi connectivity index (χ0) is 14.2. The number of furan rings is 2. The predicted octanol–water partition coefficient (Wildman–Crippen LogP) is 1.80. The molecule has 0 radical (unpaired) electrons. The lowest BCUT2D eigenvalue weighted by molar-refractivity contribution is 0.563. The van der Waals surface area contributed by atoms with Gasteiger partial charge >= 0.3 is 0 Å². The van der Waals surface area contributed by atoms with Crippen LogP contribution in [0.25, 0.3) is 22.9 Å². The molecule has 0 spiro atoms. The van der Waals surface area contributed by atoms with Gasteiger partial charge < -0.3 is 8.83 Å². The fourth-order valence-corrected chi connectivity index (χ4v) is 2.08. The molecule has 0 aliphatic rings. The van der Waals surface area contributed by atoms with Crippen LogP contribution in [0.2, 0.25) is 0 Å². The summed E-state index contributed by atoms with van der Waals surface area (Å²) in [5.41, 5.74) is 0.581. The van der Waals surface area contributed by atoms with Crippen molar-refractivity contribution in [3.8, 4) is 22.9 Å². The van der Waals surface area contributed by atoms with Gasteiger partial charge in [0.05, 0.1) is 12.5 Å². The van der Waals surface area contributed by atoms with Crippen LogP contribution >= 0.6 is 0 Å². The van der Waals surface area contributed by atoms with E-state index in [1.807, 2.05) is 0 Å². The highest BCUT2D eigenvalue weighted by atomic mass is 32.2. The fourth-order valence-electron chi connectivity index (χ4n) is 1.63. The molecule has 0 fully saturated rings. The van der Waals surface area contributed by atoms with Crippen LogP contribution in [0.5, 0.6) is 0 Å². The Kier molecular flexibility index (Phi) is 2.87. The summed E-state index contributed by atoms with van der Waals surface area (Å²) >= 11 is 0. The normalized spacial score (nSPS) is 11.7. The van der Waals surface area contributed by atoms with Gasteiger partial charge in [0, 0.05) is 6.26 Å². The van der Waals surface area contributed by atoms with Crippen LogP contribution in [0.15, 0.2) is 50.8 Å². The lowest BCUT2D eigenvalue weighted by atomic mass is 10.2. The Morgan fingerprint density at radius 1 is 0.950 bits per heavy atom. The smallest absolute Gasteiger partial charge is 0.267 e. The maximum atomic E-state index is 11.5. The van der Waals surface area contributed by atoms with Gasteiger partial charge in [0.1, 0.15) is 5.69 Å². The number of sulfone groups is 1. The molecule has 7 nitrogen and oxygen atoms in total. The molecule has 20 heavy (non-hydrogen) atoms. The van der Waals surface area contributed by atoms with Gasteiger partial charge in [0.15, 0.2) is 17.2 Å². The average Bonchev–Trinajstić information content (AvgIpc) is 3.10. The van der Waals surface area contributed by atoms with Gasteiger partial charge in [-0.1, -0.05) is 0 Å². The van der Waals surface area contributed by atoms with Gasteiger partial charge in [-0.15, -0.1) is 10.2 Å². The Morgan fingerprint density at radius 2 is 1.55 bits per heavy atom. The molecule has 0 aliphatic carbocycles. The summed E-state index contributed by atoms with van der Waals surface area (Å²) in [5.74, 6) is 0.813. The first-order chi connectivity index (χ1) is 9.55. The largest absolute Gasteiger partial charge is 0.463 e. The Balaban J connectivity index is 2.26. The number of rotatable bonds is 3. The highest BCUT2D eigenvalue weighted by Gasteiger charge is 2.21. The van der Waals surface area contributed by atoms with Crippen LogP contribution in [0, 0.1) is 0 Å². The summed E-state index contributed by atoms with van der Waals surface area (Å²) in [4.78, 5) is 4.03. The van der Waals surface area contributed by atoms with Crippen molar-refractivity contribution in [1.29, 1.82) is 0 Å². The Hall–Kier alpha value is -2.48. The monoisotopic (exact) mass is 291 g/mol. The molecular formula is C12H9N3O4S. The molecule has 3 heterocycles. The van der Waals surface area contributed by atoms with E-state index in [1.165, 1.54) is 12.5 Å². The van der Waals surface area contributed by atoms with Crippen molar-refractivity contribution in [1.82, 2.24) is 15.2 Å². The summed E-state index contributed by atoms with van der Waals surface area (Å²) in [7, 11) is -3.56. The third kappa shape index (κ3) is 2.21. The molecule has 0 amide bonds. The van der Waals surface area contributed by atoms with Gasteiger partial charge in [-0.2, -0.15) is 0 Å². The third-order valence-electron chi connectivity index (χ3n) is 2.51. The molecule has 102 valence electrons. The third-order valence-corrected chi connectivity index (χ3v) is 3.34. The molecule has 0 aliphatic heterocycles. The first kappa shape index (κ1) is 12.5. The van der Waals surface area contributed by atoms with E-state index in [4.69, 9.17) is 8.83 Å². The zero-order valence-corrected chi connectivity index (χ0v) is 11.2. The molecule has 3 aromatic heterocycles. The lowest BCUT2D eigenvalue weighted by Gasteiger charge is -2.04. The number of aromatic nitrogens is 3. The van der Waals surface area contributed by atoms with E-state index < -0.39 is 9.84 Å². The van der Waals surface area contributed by atoms with Gasteiger partial charge in [0.2, 0.25) is 9.84 Å². The van der Waals surface area contributed by atoms with Crippen LogP contribution in [0.3, 0.4) is 0 Å². The van der Waals surface area contributed by atoms with Gasteiger partial charge in [0.25, 0.3) is 5.16 Å². The highest BCUT2D eigenvalue weighted by Crippen LogP contribution is 2.29. The second kappa shape index (κ2) is 4.57. The fraction of sp³-hybridized carbons (Fsp3) is 0.0833. The summed E-state index contributed by atoms with van der Waals surface area (Å²) in [6.45, 7) is 0. The molecule has 0 saturated heterocycles. The van der Waals surface area contributed by atoms with Crippen molar-refractivity contribution >= 4 is 9.84 Å². The molecular weight excluding hydrogens is 282 g/mol. The van der Waals surface area contributed by atoms with Crippen molar-refractivity contribution < 1.29 is 17.3 Å². The summed E-state index contributed by atoms with van der Waals surface area (Å²) in [6, 6.07) is 6.69. The van der Waals surface area contributed by atoms with E-state index in [2.05, 4.69) is 15.2 Å². The van der Waals surface area contributed by atoms with Crippen molar-refractivity contribution in [3.63, 3.8) is 0 Å². The Morgan fingerprint density at radius 3 is 2.05 bits per heavy atom. The lowest BCUT2D eigenvalue weighted by Crippen LogP contribution is -2.08. The highest BCUT2D eigenvalue weighted by molar-refractivity contribution is 7.90. The first-order valence-electron chi connectivity index (χ1n) is 5.58. The zero-order valence-electron chi connectivity index (χ0n) is 10.3. The molecule has 0 aromatic carbocycles. The van der Waals surface area contributed by atoms with Crippen LogP contribution < -0.4 is 0 Å². The van der Waals surface area contributed by atoms with Crippen molar-refractivity contribution in [2.24, 2.45) is 0 Å². The minimum Gasteiger partial charge on any atom is -0.463 e. The Labute approximate surface area is 114 Å². The molecule has 3 aromatic rings.